The zero-order chi connectivity index (χ0) is 10.7. The Morgan fingerprint density at radius 1 is 1.67 bits per heavy atom. The molecule has 0 bridgehead atoms. The fourth-order valence-electron chi connectivity index (χ4n) is 1.54. The SMILES string of the molecule is NC(C(=O)NC1CCSC1)c1cccs1. The molecule has 0 spiro atoms. The second kappa shape index (κ2) is 5.01. The number of amides is 1. The van der Waals surface area contributed by atoms with Crippen molar-refractivity contribution in [2.75, 3.05) is 11.5 Å². The Balaban J connectivity index is 1.90. The summed E-state index contributed by atoms with van der Waals surface area (Å²) >= 11 is 3.41. The molecule has 1 saturated heterocycles. The number of rotatable bonds is 3. The fourth-order valence-corrected chi connectivity index (χ4v) is 3.41. The van der Waals surface area contributed by atoms with E-state index in [0.29, 0.717) is 6.04 Å². The van der Waals surface area contributed by atoms with E-state index in [1.54, 1.807) is 0 Å². The number of nitrogens with one attached hydrogen (secondary N) is 1. The molecule has 5 heteroatoms. The Morgan fingerprint density at radius 2 is 2.53 bits per heavy atom. The van der Waals surface area contributed by atoms with Crippen LogP contribution >= 0.6 is 23.1 Å². The third-order valence-corrected chi connectivity index (χ3v) is 4.53. The number of hydrogen-bond acceptors (Lipinski definition) is 4. The molecule has 3 nitrogen and oxygen atoms in total. The molecular formula is C10H14N2OS2. The van der Waals surface area contributed by atoms with Crippen LogP contribution in [0.5, 0.6) is 0 Å². The second-order valence-electron chi connectivity index (χ2n) is 3.56. The van der Waals surface area contributed by atoms with Crippen molar-refractivity contribution in [3.05, 3.63) is 22.4 Å². The Bertz CT molecular complexity index is 320. The van der Waals surface area contributed by atoms with Crippen LogP contribution in [0.1, 0.15) is 17.3 Å². The summed E-state index contributed by atoms with van der Waals surface area (Å²) in [4.78, 5) is 12.7. The van der Waals surface area contributed by atoms with E-state index in [4.69, 9.17) is 5.73 Å². The molecule has 82 valence electrons. The second-order valence-corrected chi connectivity index (χ2v) is 5.69. The normalized spacial score (nSPS) is 22.6. The molecule has 0 radical (unpaired) electrons. The highest BCUT2D eigenvalue weighted by molar-refractivity contribution is 7.99. The Kier molecular flexibility index (Phi) is 3.66. The summed E-state index contributed by atoms with van der Waals surface area (Å²) in [5.41, 5.74) is 5.85. The lowest BCUT2D eigenvalue weighted by atomic mass is 10.2. The molecule has 1 aliphatic rings. The van der Waals surface area contributed by atoms with Crippen molar-refractivity contribution in [1.82, 2.24) is 5.32 Å². The standard InChI is InChI=1S/C10H14N2OS2/c11-9(8-2-1-4-15-8)10(13)12-7-3-5-14-6-7/h1-2,4,7,9H,3,5-6,11H2,(H,12,13). The van der Waals surface area contributed by atoms with Crippen LogP contribution in [0.2, 0.25) is 0 Å². The van der Waals surface area contributed by atoms with Crippen molar-refractivity contribution >= 4 is 29.0 Å². The average Bonchev–Trinajstić information content (AvgIpc) is 2.88. The first-order valence-electron chi connectivity index (χ1n) is 4.94. The highest BCUT2D eigenvalue weighted by Crippen LogP contribution is 2.20. The maximum atomic E-state index is 11.8. The zero-order valence-electron chi connectivity index (χ0n) is 8.31. The van der Waals surface area contributed by atoms with Crippen molar-refractivity contribution in [3.63, 3.8) is 0 Å². The van der Waals surface area contributed by atoms with Crippen molar-refractivity contribution in [2.45, 2.75) is 18.5 Å². The third kappa shape index (κ3) is 2.74. The lowest BCUT2D eigenvalue weighted by Crippen LogP contribution is -2.40. The van der Waals surface area contributed by atoms with Crippen molar-refractivity contribution in [1.29, 1.82) is 0 Å². The van der Waals surface area contributed by atoms with Gasteiger partial charge >= 0.3 is 0 Å². The highest BCUT2D eigenvalue weighted by Gasteiger charge is 2.22. The van der Waals surface area contributed by atoms with Gasteiger partial charge in [-0.15, -0.1) is 11.3 Å². The molecule has 0 saturated carbocycles. The Labute approximate surface area is 97.4 Å². The molecule has 1 fully saturated rings. The van der Waals surface area contributed by atoms with Gasteiger partial charge in [0.2, 0.25) is 5.91 Å². The van der Waals surface area contributed by atoms with Crippen LogP contribution in [0.4, 0.5) is 0 Å². The minimum Gasteiger partial charge on any atom is -0.351 e. The summed E-state index contributed by atoms with van der Waals surface area (Å²) in [6.45, 7) is 0. The molecule has 15 heavy (non-hydrogen) atoms. The number of nitrogens with two attached hydrogens (primary N) is 1. The van der Waals surface area contributed by atoms with Crippen molar-refractivity contribution in [3.8, 4) is 0 Å². The van der Waals surface area contributed by atoms with Crippen LogP contribution in [-0.2, 0) is 4.79 Å². The quantitative estimate of drug-likeness (QED) is 0.841. The van der Waals surface area contributed by atoms with Gasteiger partial charge in [0.05, 0.1) is 0 Å². The predicted molar refractivity (Wildman–Crippen MR) is 65.1 cm³/mol. The summed E-state index contributed by atoms with van der Waals surface area (Å²) in [7, 11) is 0. The van der Waals surface area contributed by atoms with Gasteiger partial charge < -0.3 is 11.1 Å². The maximum Gasteiger partial charge on any atom is 0.242 e. The molecule has 0 aromatic carbocycles. The van der Waals surface area contributed by atoms with Crippen molar-refractivity contribution in [2.24, 2.45) is 5.73 Å². The van der Waals surface area contributed by atoms with E-state index < -0.39 is 6.04 Å². The average molecular weight is 242 g/mol. The zero-order valence-corrected chi connectivity index (χ0v) is 9.94. The van der Waals surface area contributed by atoms with Crippen LogP contribution in [0.3, 0.4) is 0 Å². The smallest absolute Gasteiger partial charge is 0.242 e. The van der Waals surface area contributed by atoms with E-state index in [0.717, 1.165) is 22.8 Å². The summed E-state index contributed by atoms with van der Waals surface area (Å²) in [6.07, 6.45) is 1.06. The van der Waals surface area contributed by atoms with E-state index in [9.17, 15) is 4.79 Å². The first-order chi connectivity index (χ1) is 7.27. The van der Waals surface area contributed by atoms with E-state index in [1.165, 1.54) is 11.3 Å². The molecular weight excluding hydrogens is 228 g/mol. The number of thiophene rings is 1. The van der Waals surface area contributed by atoms with Crippen LogP contribution in [-0.4, -0.2) is 23.5 Å². The monoisotopic (exact) mass is 242 g/mol. The first-order valence-corrected chi connectivity index (χ1v) is 6.98. The van der Waals surface area contributed by atoms with Gasteiger partial charge in [-0.3, -0.25) is 4.79 Å². The molecule has 1 amide bonds. The van der Waals surface area contributed by atoms with E-state index in [-0.39, 0.29) is 5.91 Å². The minimum atomic E-state index is -0.504. The van der Waals surface area contributed by atoms with Gasteiger partial charge in [-0.2, -0.15) is 11.8 Å². The largest absolute Gasteiger partial charge is 0.351 e. The van der Waals surface area contributed by atoms with Crippen LogP contribution < -0.4 is 11.1 Å². The van der Waals surface area contributed by atoms with Gasteiger partial charge in [-0.1, -0.05) is 6.07 Å². The molecule has 0 aliphatic carbocycles. The van der Waals surface area contributed by atoms with Gasteiger partial charge in [0.25, 0.3) is 0 Å². The van der Waals surface area contributed by atoms with Crippen LogP contribution in [0, 0.1) is 0 Å². The lowest BCUT2D eigenvalue weighted by Gasteiger charge is -2.14. The number of thioether (sulfide) groups is 1. The first kappa shape index (κ1) is 11.0. The van der Waals surface area contributed by atoms with Crippen molar-refractivity contribution < 1.29 is 4.79 Å². The van der Waals surface area contributed by atoms with Gasteiger partial charge in [0, 0.05) is 16.7 Å². The maximum absolute atomic E-state index is 11.8. The Morgan fingerprint density at radius 3 is 3.13 bits per heavy atom. The lowest BCUT2D eigenvalue weighted by molar-refractivity contribution is -0.122. The van der Waals surface area contributed by atoms with Gasteiger partial charge in [-0.25, -0.2) is 0 Å². The summed E-state index contributed by atoms with van der Waals surface area (Å²) in [5.74, 6) is 2.10. The number of carbonyl (C=O) groups is 1. The highest BCUT2D eigenvalue weighted by atomic mass is 32.2. The Hall–Kier alpha value is -0.520. The number of carbonyl (C=O) groups excluding carboxylic acids is 1. The molecule has 1 aromatic heterocycles. The van der Waals surface area contributed by atoms with Gasteiger partial charge in [0.1, 0.15) is 6.04 Å². The molecule has 2 heterocycles. The van der Waals surface area contributed by atoms with Gasteiger partial charge in [-0.05, 0) is 23.6 Å². The predicted octanol–water partition coefficient (Wildman–Crippen LogP) is 1.37. The van der Waals surface area contributed by atoms with E-state index in [1.807, 2.05) is 29.3 Å². The minimum absolute atomic E-state index is 0.0510. The topological polar surface area (TPSA) is 55.1 Å². The van der Waals surface area contributed by atoms with E-state index in [2.05, 4.69) is 5.32 Å². The molecule has 1 aromatic rings. The molecule has 2 rings (SSSR count). The summed E-state index contributed by atoms with van der Waals surface area (Å²) in [5, 5.41) is 4.93. The van der Waals surface area contributed by atoms with Crippen LogP contribution in [0.25, 0.3) is 0 Å². The third-order valence-electron chi connectivity index (χ3n) is 2.41. The molecule has 3 N–H and O–H groups in total. The van der Waals surface area contributed by atoms with Gasteiger partial charge in [0.15, 0.2) is 0 Å². The van der Waals surface area contributed by atoms with Crippen LogP contribution in [0.15, 0.2) is 17.5 Å². The summed E-state index contributed by atoms with van der Waals surface area (Å²) < 4.78 is 0. The van der Waals surface area contributed by atoms with E-state index >= 15 is 0 Å². The molecule has 1 aliphatic heterocycles. The molecule has 2 unspecified atom stereocenters. The number of hydrogen-bond donors (Lipinski definition) is 2. The fraction of sp³-hybridized carbons (Fsp3) is 0.500. The summed E-state index contributed by atoms with van der Waals surface area (Å²) in [6, 6.07) is 3.63. The molecule has 2 atom stereocenters.